The first-order chi connectivity index (χ1) is 13.9. The molecule has 0 aromatic heterocycles. The molecule has 0 fully saturated rings. The zero-order valence-electron chi connectivity index (χ0n) is 18.3. The Labute approximate surface area is 175 Å². The molecule has 0 spiro atoms. The average Bonchev–Trinajstić information content (AvgIpc) is 2.70. The number of rotatable bonds is 11. The van der Waals surface area contributed by atoms with Crippen molar-refractivity contribution in [3.8, 4) is 11.5 Å². The van der Waals surface area contributed by atoms with Crippen LogP contribution < -0.4 is 14.8 Å². The molecular formula is C25H35NO3. The second kappa shape index (κ2) is 11.5. The third kappa shape index (κ3) is 8.59. The second-order valence-electron chi connectivity index (χ2n) is 8.40. The molecule has 0 aliphatic heterocycles. The molecule has 0 bridgehead atoms. The molecule has 2 rings (SSSR count). The minimum absolute atomic E-state index is 0.0229. The highest BCUT2D eigenvalue weighted by molar-refractivity contribution is 5.91. The van der Waals surface area contributed by atoms with Gasteiger partial charge in [0.1, 0.15) is 11.5 Å². The van der Waals surface area contributed by atoms with Crippen molar-refractivity contribution < 1.29 is 14.3 Å². The van der Waals surface area contributed by atoms with Crippen molar-refractivity contribution >= 4 is 11.6 Å². The van der Waals surface area contributed by atoms with Crippen molar-refractivity contribution in [2.45, 2.75) is 65.2 Å². The molecule has 4 heteroatoms. The number of benzene rings is 2. The van der Waals surface area contributed by atoms with Crippen LogP contribution in [0, 0.1) is 0 Å². The summed E-state index contributed by atoms with van der Waals surface area (Å²) in [5.41, 5.74) is 2.07. The predicted molar refractivity (Wildman–Crippen MR) is 120 cm³/mol. The zero-order valence-corrected chi connectivity index (χ0v) is 18.3. The van der Waals surface area contributed by atoms with Gasteiger partial charge in [-0.15, -0.1) is 0 Å². The summed E-state index contributed by atoms with van der Waals surface area (Å²) in [4.78, 5) is 12.1. The summed E-state index contributed by atoms with van der Waals surface area (Å²) >= 11 is 0. The van der Waals surface area contributed by atoms with Crippen LogP contribution >= 0.6 is 0 Å². The quantitative estimate of drug-likeness (QED) is 0.449. The smallest absolute Gasteiger partial charge is 0.262 e. The van der Waals surface area contributed by atoms with Crippen LogP contribution in [0.15, 0.2) is 48.5 Å². The molecule has 4 nitrogen and oxygen atoms in total. The topological polar surface area (TPSA) is 47.6 Å². The van der Waals surface area contributed by atoms with Gasteiger partial charge >= 0.3 is 0 Å². The Bertz CT molecular complexity index is 730. The Morgan fingerprint density at radius 1 is 0.828 bits per heavy atom. The maximum absolute atomic E-state index is 12.1. The summed E-state index contributed by atoms with van der Waals surface area (Å²) in [6.45, 7) is 9.43. The number of carbonyl (C=O) groups excluding carboxylic acids is 1. The number of nitrogens with one attached hydrogen (secondary N) is 1. The van der Waals surface area contributed by atoms with Crippen molar-refractivity contribution in [3.05, 3.63) is 54.1 Å². The third-order valence-corrected chi connectivity index (χ3v) is 4.74. The van der Waals surface area contributed by atoms with Crippen LogP contribution in [-0.2, 0) is 10.2 Å². The van der Waals surface area contributed by atoms with Gasteiger partial charge in [-0.3, -0.25) is 4.79 Å². The lowest BCUT2D eigenvalue weighted by atomic mass is 9.87. The van der Waals surface area contributed by atoms with E-state index in [0.29, 0.717) is 5.75 Å². The summed E-state index contributed by atoms with van der Waals surface area (Å²) in [6.07, 6.45) is 6.10. The van der Waals surface area contributed by atoms with E-state index in [-0.39, 0.29) is 17.9 Å². The molecular weight excluding hydrogens is 362 g/mol. The maximum Gasteiger partial charge on any atom is 0.262 e. The van der Waals surface area contributed by atoms with Crippen LogP contribution in [0.5, 0.6) is 11.5 Å². The molecule has 29 heavy (non-hydrogen) atoms. The Balaban J connectivity index is 1.70. The van der Waals surface area contributed by atoms with Gasteiger partial charge in [-0.05, 0) is 53.8 Å². The van der Waals surface area contributed by atoms with Gasteiger partial charge < -0.3 is 14.8 Å². The molecule has 0 heterocycles. The minimum atomic E-state index is -0.186. The molecule has 0 aliphatic carbocycles. The van der Waals surface area contributed by atoms with Gasteiger partial charge in [-0.1, -0.05) is 65.5 Å². The Morgan fingerprint density at radius 3 is 2.03 bits per heavy atom. The molecule has 2 aromatic carbocycles. The summed E-state index contributed by atoms with van der Waals surface area (Å²) in [5.74, 6) is 1.33. The van der Waals surface area contributed by atoms with E-state index in [1.165, 1.54) is 31.2 Å². The first kappa shape index (κ1) is 22.8. The predicted octanol–water partition coefficient (Wildman–Crippen LogP) is 6.35. The number of anilines is 1. The van der Waals surface area contributed by atoms with Crippen molar-refractivity contribution in [1.29, 1.82) is 0 Å². The van der Waals surface area contributed by atoms with Crippen molar-refractivity contribution in [1.82, 2.24) is 0 Å². The van der Waals surface area contributed by atoms with Gasteiger partial charge in [0.25, 0.3) is 5.91 Å². The molecule has 0 atom stereocenters. The van der Waals surface area contributed by atoms with E-state index in [4.69, 9.17) is 9.47 Å². The first-order valence-electron chi connectivity index (χ1n) is 10.6. The first-order valence-corrected chi connectivity index (χ1v) is 10.6. The molecule has 158 valence electrons. The third-order valence-electron chi connectivity index (χ3n) is 4.74. The Morgan fingerprint density at radius 2 is 1.41 bits per heavy atom. The highest BCUT2D eigenvalue weighted by Gasteiger charge is 2.13. The molecule has 0 saturated carbocycles. The van der Waals surface area contributed by atoms with Gasteiger partial charge in [0, 0.05) is 5.69 Å². The SMILES string of the molecule is CCCCCCCOc1ccc(NC(=O)COc2ccc(C(C)(C)C)cc2)cc1. The van der Waals surface area contributed by atoms with Crippen molar-refractivity contribution in [2.24, 2.45) is 0 Å². The van der Waals surface area contributed by atoms with Gasteiger partial charge in [0.2, 0.25) is 0 Å². The minimum Gasteiger partial charge on any atom is -0.494 e. The van der Waals surface area contributed by atoms with E-state index in [9.17, 15) is 4.79 Å². The number of unbranched alkanes of at least 4 members (excludes halogenated alkanes) is 4. The lowest BCUT2D eigenvalue weighted by molar-refractivity contribution is -0.118. The summed E-state index contributed by atoms with van der Waals surface area (Å²) < 4.78 is 11.3. The van der Waals surface area contributed by atoms with Crippen LogP contribution in [0.4, 0.5) is 5.69 Å². The van der Waals surface area contributed by atoms with E-state index in [1.807, 2.05) is 48.5 Å². The van der Waals surface area contributed by atoms with Crippen molar-refractivity contribution in [2.75, 3.05) is 18.5 Å². The van der Waals surface area contributed by atoms with Gasteiger partial charge in [-0.2, -0.15) is 0 Å². The zero-order chi connectivity index (χ0) is 21.1. The van der Waals surface area contributed by atoms with Crippen LogP contribution in [0.3, 0.4) is 0 Å². The lowest BCUT2D eigenvalue weighted by Crippen LogP contribution is -2.20. The standard InChI is InChI=1S/C25H35NO3/c1-5-6-7-8-9-18-28-22-16-12-21(13-17-22)26-24(27)19-29-23-14-10-20(11-15-23)25(2,3)4/h10-17H,5-9,18-19H2,1-4H3,(H,26,27). The largest absolute Gasteiger partial charge is 0.494 e. The highest BCUT2D eigenvalue weighted by Crippen LogP contribution is 2.24. The number of amides is 1. The fourth-order valence-electron chi connectivity index (χ4n) is 2.93. The number of hydrogen-bond donors (Lipinski definition) is 1. The number of hydrogen-bond acceptors (Lipinski definition) is 3. The Kier molecular flexibility index (Phi) is 9.04. The van der Waals surface area contributed by atoms with E-state index in [1.54, 1.807) is 0 Å². The molecule has 0 radical (unpaired) electrons. The lowest BCUT2D eigenvalue weighted by Gasteiger charge is -2.19. The number of ether oxygens (including phenoxy) is 2. The van der Waals surface area contributed by atoms with Gasteiger partial charge in [0.15, 0.2) is 6.61 Å². The summed E-state index contributed by atoms with van der Waals surface area (Å²) in [6, 6.07) is 15.3. The number of carbonyl (C=O) groups is 1. The van der Waals surface area contributed by atoms with E-state index in [0.717, 1.165) is 24.5 Å². The van der Waals surface area contributed by atoms with Crippen molar-refractivity contribution in [3.63, 3.8) is 0 Å². The van der Waals surface area contributed by atoms with Gasteiger partial charge in [0.05, 0.1) is 6.61 Å². The molecule has 0 saturated heterocycles. The van der Waals surface area contributed by atoms with Crippen LogP contribution in [0.25, 0.3) is 0 Å². The molecule has 0 unspecified atom stereocenters. The normalized spacial score (nSPS) is 11.2. The highest BCUT2D eigenvalue weighted by atomic mass is 16.5. The van der Waals surface area contributed by atoms with Crippen LogP contribution in [0.2, 0.25) is 0 Å². The average molecular weight is 398 g/mol. The van der Waals surface area contributed by atoms with E-state index in [2.05, 4.69) is 33.0 Å². The maximum atomic E-state index is 12.1. The van der Waals surface area contributed by atoms with E-state index >= 15 is 0 Å². The second-order valence-corrected chi connectivity index (χ2v) is 8.40. The molecule has 1 amide bonds. The van der Waals surface area contributed by atoms with Gasteiger partial charge in [-0.25, -0.2) is 0 Å². The summed E-state index contributed by atoms with van der Waals surface area (Å²) in [5, 5.41) is 2.85. The monoisotopic (exact) mass is 397 g/mol. The fourth-order valence-corrected chi connectivity index (χ4v) is 2.93. The summed E-state index contributed by atoms with van der Waals surface area (Å²) in [7, 11) is 0. The van der Waals surface area contributed by atoms with E-state index < -0.39 is 0 Å². The molecule has 0 aliphatic rings. The van der Waals surface area contributed by atoms with Crippen LogP contribution in [0.1, 0.15) is 65.4 Å². The fraction of sp³-hybridized carbons (Fsp3) is 0.480. The Hall–Kier alpha value is -2.49. The molecule has 2 aromatic rings. The van der Waals surface area contributed by atoms with Crippen LogP contribution in [-0.4, -0.2) is 19.1 Å². The molecule has 1 N–H and O–H groups in total.